The third-order valence-electron chi connectivity index (χ3n) is 5.85. The molecule has 0 aliphatic rings. The first-order valence-electron chi connectivity index (χ1n) is 11.4. The minimum absolute atomic E-state index is 1.22. The minimum Gasteiger partial charge on any atom is -0.409 e. The second-order valence-corrected chi connectivity index (χ2v) is 24.6. The van der Waals surface area contributed by atoms with Crippen molar-refractivity contribution in [1.29, 1.82) is 0 Å². The van der Waals surface area contributed by atoms with E-state index in [1.165, 1.54) is 15.6 Å². The van der Waals surface area contributed by atoms with Crippen LogP contribution >= 0.6 is 0 Å². The molecule has 0 aliphatic heterocycles. The molecule has 0 unspecified atom stereocenters. The Morgan fingerprint density at radius 1 is 0.485 bits per heavy atom. The van der Waals surface area contributed by atoms with E-state index in [0.717, 1.165) is 0 Å². The fraction of sp³-hybridized carbons (Fsp3) is 0.231. The minimum atomic E-state index is -3.28. The Labute approximate surface area is 203 Å². The van der Waals surface area contributed by atoms with Crippen molar-refractivity contribution in [3.63, 3.8) is 0 Å². The van der Waals surface area contributed by atoms with Crippen molar-refractivity contribution >= 4 is 49.3 Å². The molecule has 3 rings (SSSR count). The van der Waals surface area contributed by atoms with Gasteiger partial charge >= 0.3 is 8.80 Å². The lowest BCUT2D eigenvalue weighted by Gasteiger charge is -2.43. The molecule has 0 bridgehead atoms. The average Bonchev–Trinajstić information content (AvgIpc) is 2.80. The molecule has 0 aromatic heterocycles. The molecule has 7 heteroatoms. The lowest BCUT2D eigenvalue weighted by Crippen LogP contribution is -2.67. The fourth-order valence-corrected chi connectivity index (χ4v) is 19.5. The molecule has 0 radical (unpaired) electrons. The van der Waals surface area contributed by atoms with Gasteiger partial charge in [-0.1, -0.05) is 91.0 Å². The van der Waals surface area contributed by atoms with Crippen molar-refractivity contribution in [3.8, 4) is 0 Å². The van der Waals surface area contributed by atoms with E-state index in [4.69, 9.17) is 12.3 Å². The third-order valence-corrected chi connectivity index (χ3v) is 21.1. The van der Waals surface area contributed by atoms with Crippen LogP contribution in [0.2, 0.25) is 39.3 Å². The van der Waals surface area contributed by atoms with Gasteiger partial charge < -0.3 is 12.3 Å². The molecule has 3 aromatic rings. The lowest BCUT2D eigenvalue weighted by atomic mass is 10.4. The first-order chi connectivity index (χ1) is 15.5. The molecule has 0 spiro atoms. The Morgan fingerprint density at radius 3 is 0.939 bits per heavy atom. The van der Waals surface area contributed by atoms with E-state index in [1.54, 1.807) is 0 Å². The van der Waals surface area contributed by atoms with E-state index in [0.29, 0.717) is 0 Å². The SMILES string of the molecule is C=C[Si](O[Si](C)(C)c1ccccc1)(O[Si](C)(C)c1ccccc1)O[Si](C)(C)c1ccccc1. The Bertz CT molecular complexity index is 909. The largest absolute Gasteiger partial charge is 0.498 e. The molecule has 0 amide bonds. The van der Waals surface area contributed by atoms with Crippen LogP contribution in [0, 0.1) is 0 Å². The Balaban J connectivity index is 2.05. The van der Waals surface area contributed by atoms with Crippen LogP contribution in [-0.2, 0) is 12.3 Å². The summed E-state index contributed by atoms with van der Waals surface area (Å²) in [6.07, 6.45) is 0. The summed E-state index contributed by atoms with van der Waals surface area (Å²) in [5, 5.41) is 3.65. The van der Waals surface area contributed by atoms with Crippen LogP contribution in [0.4, 0.5) is 0 Å². The predicted molar refractivity (Wildman–Crippen MR) is 150 cm³/mol. The zero-order valence-corrected chi connectivity index (χ0v) is 24.7. The Morgan fingerprint density at radius 2 is 0.727 bits per heavy atom. The second kappa shape index (κ2) is 10.2. The molecule has 3 aromatic carbocycles. The topological polar surface area (TPSA) is 27.7 Å². The summed E-state index contributed by atoms with van der Waals surface area (Å²) in [5.41, 5.74) is 1.86. The summed E-state index contributed by atoms with van der Waals surface area (Å²) >= 11 is 0. The van der Waals surface area contributed by atoms with Crippen molar-refractivity contribution in [2.45, 2.75) is 39.3 Å². The molecule has 0 aliphatic carbocycles. The standard InChI is InChI=1S/C26H36O3Si4/c1-8-33(27-30(2,3)24-18-12-9-13-19-24,28-31(4,5)25-20-14-10-15-21-25)29-32(6,7)26-22-16-11-17-23-26/h8-23H,1H2,2-7H3. The monoisotopic (exact) mass is 508 g/mol. The molecule has 0 saturated heterocycles. The quantitative estimate of drug-likeness (QED) is 0.359. The van der Waals surface area contributed by atoms with Crippen LogP contribution < -0.4 is 15.6 Å². The van der Waals surface area contributed by atoms with Gasteiger partial charge in [-0.25, -0.2) is 0 Å². The maximum atomic E-state index is 7.06. The van der Waals surface area contributed by atoms with Crippen LogP contribution in [0.1, 0.15) is 0 Å². The predicted octanol–water partition coefficient (Wildman–Crippen LogP) is 5.04. The Hall–Kier alpha value is -1.85. The highest BCUT2D eigenvalue weighted by Gasteiger charge is 2.52. The van der Waals surface area contributed by atoms with Crippen LogP contribution in [0.25, 0.3) is 0 Å². The normalized spacial score (nSPS) is 13.0. The van der Waals surface area contributed by atoms with E-state index in [9.17, 15) is 0 Å². The summed E-state index contributed by atoms with van der Waals surface area (Å²) < 4.78 is 21.2. The van der Waals surface area contributed by atoms with E-state index < -0.39 is 33.8 Å². The molecule has 0 atom stereocenters. The first-order valence-corrected chi connectivity index (χ1v) is 21.9. The Kier molecular flexibility index (Phi) is 7.95. The van der Waals surface area contributed by atoms with Crippen molar-refractivity contribution in [2.75, 3.05) is 0 Å². The number of rotatable bonds is 10. The van der Waals surface area contributed by atoms with Gasteiger partial charge in [-0.3, -0.25) is 0 Å². The molecular formula is C26H36O3Si4. The van der Waals surface area contributed by atoms with Crippen LogP contribution in [0.15, 0.2) is 103 Å². The lowest BCUT2D eigenvalue weighted by molar-refractivity contribution is 0.276. The smallest absolute Gasteiger partial charge is 0.409 e. The van der Waals surface area contributed by atoms with Gasteiger partial charge in [-0.15, -0.1) is 6.58 Å². The fourth-order valence-electron chi connectivity index (χ4n) is 3.95. The van der Waals surface area contributed by atoms with E-state index in [2.05, 4.69) is 119 Å². The number of hydrogen-bond donors (Lipinski definition) is 0. The highest BCUT2D eigenvalue weighted by molar-refractivity contribution is 7.00. The maximum absolute atomic E-state index is 7.06. The third kappa shape index (κ3) is 6.39. The van der Waals surface area contributed by atoms with Crippen LogP contribution in [-0.4, -0.2) is 33.8 Å². The van der Waals surface area contributed by atoms with Gasteiger partial charge in [-0.05, 0) is 60.5 Å². The van der Waals surface area contributed by atoms with E-state index in [1.807, 2.05) is 23.9 Å². The maximum Gasteiger partial charge on any atom is 0.498 e. The van der Waals surface area contributed by atoms with E-state index in [-0.39, 0.29) is 0 Å². The van der Waals surface area contributed by atoms with E-state index >= 15 is 0 Å². The van der Waals surface area contributed by atoms with Crippen molar-refractivity contribution in [1.82, 2.24) is 0 Å². The molecule has 0 heterocycles. The van der Waals surface area contributed by atoms with Crippen molar-refractivity contribution in [2.24, 2.45) is 0 Å². The second-order valence-electron chi connectivity index (χ2n) is 9.74. The zero-order chi connectivity index (χ0) is 24.2. The van der Waals surface area contributed by atoms with Gasteiger partial charge in [0.2, 0.25) is 25.0 Å². The van der Waals surface area contributed by atoms with Crippen LogP contribution in [0.5, 0.6) is 0 Å². The highest BCUT2D eigenvalue weighted by Crippen LogP contribution is 2.26. The summed E-state index contributed by atoms with van der Waals surface area (Å²) in [5.74, 6) is 0. The van der Waals surface area contributed by atoms with Gasteiger partial charge in [-0.2, -0.15) is 0 Å². The zero-order valence-electron chi connectivity index (χ0n) is 20.7. The summed E-state index contributed by atoms with van der Waals surface area (Å²) in [4.78, 5) is 0. The summed E-state index contributed by atoms with van der Waals surface area (Å²) in [6, 6.07) is 31.4. The first kappa shape index (κ1) is 25.8. The van der Waals surface area contributed by atoms with Gasteiger partial charge in [0, 0.05) is 0 Å². The summed E-state index contributed by atoms with van der Waals surface area (Å²) in [6.45, 7) is 17.5. The molecule has 0 saturated carbocycles. The van der Waals surface area contributed by atoms with Crippen molar-refractivity contribution in [3.05, 3.63) is 103 Å². The van der Waals surface area contributed by atoms with Crippen molar-refractivity contribution < 1.29 is 12.3 Å². The molecule has 174 valence electrons. The van der Waals surface area contributed by atoms with Gasteiger partial charge in [0.15, 0.2) is 0 Å². The summed E-state index contributed by atoms with van der Waals surface area (Å²) in [7, 11) is -10.3. The average molecular weight is 509 g/mol. The molecule has 0 fully saturated rings. The molecular weight excluding hydrogens is 473 g/mol. The van der Waals surface area contributed by atoms with Gasteiger partial charge in [0.05, 0.1) is 0 Å². The molecule has 0 N–H and O–H groups in total. The van der Waals surface area contributed by atoms with Gasteiger partial charge in [0.1, 0.15) is 0 Å². The molecule has 33 heavy (non-hydrogen) atoms. The highest BCUT2D eigenvalue weighted by atomic mass is 28.5. The van der Waals surface area contributed by atoms with Gasteiger partial charge in [0.25, 0.3) is 0 Å². The number of benzene rings is 3. The number of hydrogen-bond acceptors (Lipinski definition) is 3. The van der Waals surface area contributed by atoms with Crippen LogP contribution in [0.3, 0.4) is 0 Å². The molecule has 3 nitrogen and oxygen atoms in total.